The lowest BCUT2D eigenvalue weighted by molar-refractivity contribution is 0.580. The van der Waals surface area contributed by atoms with E-state index >= 15 is 0 Å². The Bertz CT molecular complexity index is 696. The van der Waals surface area contributed by atoms with Gasteiger partial charge in [-0.1, -0.05) is 0 Å². The molecule has 20 heavy (non-hydrogen) atoms. The predicted molar refractivity (Wildman–Crippen MR) is 72.5 cm³/mol. The Morgan fingerprint density at radius 2 is 1.80 bits per heavy atom. The molecular weight excluding hydrogens is 333 g/mol. The molecule has 0 spiro atoms. The topological polar surface area (TPSA) is 35.8 Å². The molecule has 0 radical (unpaired) electrons. The monoisotopic (exact) mass is 340 g/mol. The van der Waals surface area contributed by atoms with Crippen molar-refractivity contribution in [2.45, 2.75) is 6.54 Å². The minimum Gasteiger partial charge on any atom is -0.378 e. The molecule has 0 amide bonds. The smallest absolute Gasteiger partial charge is 0.149 e. The van der Waals surface area contributed by atoms with E-state index in [-0.39, 0.29) is 22.3 Å². The van der Waals surface area contributed by atoms with Crippen LogP contribution in [0.3, 0.4) is 0 Å². The molecule has 0 aliphatic carbocycles. The van der Waals surface area contributed by atoms with Crippen molar-refractivity contribution in [2.75, 3.05) is 5.32 Å². The number of nitriles is 1. The first-order chi connectivity index (χ1) is 9.51. The molecule has 1 N–H and O–H groups in total. The number of nitrogens with one attached hydrogen (secondary N) is 1. The van der Waals surface area contributed by atoms with Gasteiger partial charge in [-0.3, -0.25) is 0 Å². The molecule has 2 rings (SSSR count). The molecule has 0 fully saturated rings. The number of nitrogens with zero attached hydrogens (tertiary/aromatic N) is 1. The zero-order valence-electron chi connectivity index (χ0n) is 10.1. The normalized spacial score (nSPS) is 10.2. The van der Waals surface area contributed by atoms with Crippen molar-refractivity contribution < 1.29 is 13.2 Å². The van der Waals surface area contributed by atoms with Gasteiger partial charge in [0.25, 0.3) is 0 Å². The Morgan fingerprint density at radius 1 is 1.05 bits per heavy atom. The summed E-state index contributed by atoms with van der Waals surface area (Å²) in [6.45, 7) is -0.0175. The van der Waals surface area contributed by atoms with Gasteiger partial charge in [0, 0.05) is 18.2 Å². The number of rotatable bonds is 3. The number of hydrogen-bond donors (Lipinski definition) is 1. The summed E-state index contributed by atoms with van der Waals surface area (Å²) in [4.78, 5) is 0. The van der Waals surface area contributed by atoms with Crippen LogP contribution in [0.4, 0.5) is 18.9 Å². The molecular formula is C14H8BrF3N2. The second-order valence-electron chi connectivity index (χ2n) is 4.02. The third-order valence-electron chi connectivity index (χ3n) is 2.65. The summed E-state index contributed by atoms with van der Waals surface area (Å²) in [7, 11) is 0. The van der Waals surface area contributed by atoms with Gasteiger partial charge >= 0.3 is 0 Å². The molecule has 0 aromatic heterocycles. The molecule has 0 saturated carbocycles. The molecule has 0 unspecified atom stereocenters. The van der Waals surface area contributed by atoms with E-state index in [0.717, 1.165) is 6.07 Å². The zero-order chi connectivity index (χ0) is 14.7. The highest BCUT2D eigenvalue weighted by atomic mass is 79.9. The average Bonchev–Trinajstić information content (AvgIpc) is 2.43. The van der Waals surface area contributed by atoms with Gasteiger partial charge in [-0.2, -0.15) is 5.26 Å². The quantitative estimate of drug-likeness (QED) is 0.843. The van der Waals surface area contributed by atoms with Gasteiger partial charge in [0.2, 0.25) is 0 Å². The summed E-state index contributed by atoms with van der Waals surface area (Å²) in [5, 5.41) is 11.4. The maximum atomic E-state index is 13.5. The van der Waals surface area contributed by atoms with Crippen molar-refractivity contribution >= 4 is 21.6 Å². The molecule has 2 aromatic rings. The lowest BCUT2D eigenvalue weighted by Crippen LogP contribution is -2.04. The highest BCUT2D eigenvalue weighted by Crippen LogP contribution is 2.24. The maximum Gasteiger partial charge on any atom is 0.149 e. The van der Waals surface area contributed by atoms with Crippen molar-refractivity contribution in [3.05, 3.63) is 63.4 Å². The standard InChI is InChI=1S/C14H8BrF3N2/c15-10-4-14(13(18)5-12(10)17)20-7-9-3-8(6-19)1-2-11(9)16/h1-5,20H,7H2. The summed E-state index contributed by atoms with van der Waals surface area (Å²) in [5.74, 6) is -1.99. The van der Waals surface area contributed by atoms with E-state index in [0.29, 0.717) is 5.56 Å². The van der Waals surface area contributed by atoms with Crippen molar-refractivity contribution in [3.63, 3.8) is 0 Å². The minimum absolute atomic E-state index is 0.0175. The van der Waals surface area contributed by atoms with Gasteiger partial charge in [0.05, 0.1) is 21.8 Å². The first-order valence-electron chi connectivity index (χ1n) is 5.58. The molecule has 0 heterocycles. The molecule has 0 bridgehead atoms. The van der Waals surface area contributed by atoms with Crippen molar-refractivity contribution in [1.82, 2.24) is 0 Å². The fourth-order valence-electron chi connectivity index (χ4n) is 1.63. The Labute approximate surface area is 122 Å². The van der Waals surface area contributed by atoms with Gasteiger partial charge in [0.15, 0.2) is 0 Å². The number of anilines is 1. The van der Waals surface area contributed by atoms with E-state index in [1.807, 2.05) is 6.07 Å². The van der Waals surface area contributed by atoms with Crippen molar-refractivity contribution in [1.29, 1.82) is 5.26 Å². The molecule has 0 atom stereocenters. The van der Waals surface area contributed by atoms with Crippen LogP contribution in [0, 0.1) is 28.8 Å². The van der Waals surface area contributed by atoms with Crippen LogP contribution >= 0.6 is 15.9 Å². The molecule has 6 heteroatoms. The Hall–Kier alpha value is -2.00. The fourth-order valence-corrected chi connectivity index (χ4v) is 1.97. The maximum absolute atomic E-state index is 13.5. The molecule has 2 nitrogen and oxygen atoms in total. The second-order valence-corrected chi connectivity index (χ2v) is 4.87. The minimum atomic E-state index is -0.775. The lowest BCUT2D eigenvalue weighted by atomic mass is 10.1. The average molecular weight is 341 g/mol. The third kappa shape index (κ3) is 3.11. The van der Waals surface area contributed by atoms with Crippen LogP contribution in [0.5, 0.6) is 0 Å². The van der Waals surface area contributed by atoms with E-state index in [1.54, 1.807) is 0 Å². The van der Waals surface area contributed by atoms with E-state index in [2.05, 4.69) is 21.2 Å². The Balaban J connectivity index is 2.21. The SMILES string of the molecule is N#Cc1ccc(F)c(CNc2cc(Br)c(F)cc2F)c1. The van der Waals surface area contributed by atoms with E-state index in [1.165, 1.54) is 24.3 Å². The van der Waals surface area contributed by atoms with Crippen molar-refractivity contribution in [2.24, 2.45) is 0 Å². The van der Waals surface area contributed by atoms with Gasteiger partial charge in [-0.15, -0.1) is 0 Å². The van der Waals surface area contributed by atoms with Crippen LogP contribution in [0.1, 0.15) is 11.1 Å². The molecule has 2 aromatic carbocycles. The highest BCUT2D eigenvalue weighted by molar-refractivity contribution is 9.10. The van der Waals surface area contributed by atoms with Crippen LogP contribution in [0.25, 0.3) is 0 Å². The fraction of sp³-hybridized carbons (Fsp3) is 0.0714. The zero-order valence-corrected chi connectivity index (χ0v) is 11.6. The number of hydrogen-bond acceptors (Lipinski definition) is 2. The molecule has 102 valence electrons. The first-order valence-corrected chi connectivity index (χ1v) is 6.37. The Kier molecular flexibility index (Phi) is 4.30. The highest BCUT2D eigenvalue weighted by Gasteiger charge is 2.09. The summed E-state index contributed by atoms with van der Waals surface area (Å²) in [6.07, 6.45) is 0. The summed E-state index contributed by atoms with van der Waals surface area (Å²) in [6, 6.07) is 7.76. The summed E-state index contributed by atoms with van der Waals surface area (Å²) in [5.41, 5.74) is 0.577. The molecule has 0 aliphatic rings. The largest absolute Gasteiger partial charge is 0.378 e. The van der Waals surface area contributed by atoms with Crippen LogP contribution in [0.15, 0.2) is 34.8 Å². The molecule has 0 saturated heterocycles. The van der Waals surface area contributed by atoms with Crippen LogP contribution < -0.4 is 5.32 Å². The van der Waals surface area contributed by atoms with Gasteiger partial charge in [-0.05, 0) is 40.2 Å². The van der Waals surface area contributed by atoms with Crippen LogP contribution in [-0.2, 0) is 6.54 Å². The molecule has 0 aliphatic heterocycles. The van der Waals surface area contributed by atoms with Gasteiger partial charge in [0.1, 0.15) is 17.5 Å². The number of benzene rings is 2. The predicted octanol–water partition coefficient (Wildman–Crippen LogP) is 4.35. The van der Waals surface area contributed by atoms with Gasteiger partial charge in [-0.25, -0.2) is 13.2 Å². The summed E-state index contributed by atoms with van der Waals surface area (Å²) >= 11 is 2.94. The van der Waals surface area contributed by atoms with Crippen molar-refractivity contribution in [3.8, 4) is 6.07 Å². The van der Waals surface area contributed by atoms with E-state index < -0.39 is 17.5 Å². The van der Waals surface area contributed by atoms with Crippen LogP contribution in [-0.4, -0.2) is 0 Å². The second kappa shape index (κ2) is 5.97. The van der Waals surface area contributed by atoms with E-state index in [9.17, 15) is 13.2 Å². The third-order valence-corrected chi connectivity index (χ3v) is 3.26. The Morgan fingerprint density at radius 3 is 2.50 bits per heavy atom. The number of halogens is 4. The van der Waals surface area contributed by atoms with E-state index in [4.69, 9.17) is 5.26 Å². The first kappa shape index (κ1) is 14.4. The summed E-state index contributed by atoms with van der Waals surface area (Å²) < 4.78 is 40.2. The van der Waals surface area contributed by atoms with Crippen LogP contribution in [0.2, 0.25) is 0 Å². The lowest BCUT2D eigenvalue weighted by Gasteiger charge is -2.09. The van der Waals surface area contributed by atoms with Gasteiger partial charge < -0.3 is 5.32 Å².